The van der Waals surface area contributed by atoms with Crippen LogP contribution < -0.4 is 0 Å². The quantitative estimate of drug-likeness (QED) is 0.277. The van der Waals surface area contributed by atoms with Gasteiger partial charge in [0, 0.05) is 17.1 Å². The Morgan fingerprint density at radius 2 is 1.72 bits per heavy atom. The molecule has 5 heteroatoms. The molecule has 2 aromatic carbocycles. The Bertz CT molecular complexity index is 933. The third kappa shape index (κ3) is 4.38. The molecule has 0 radical (unpaired) electrons. The molecule has 0 bridgehead atoms. The summed E-state index contributed by atoms with van der Waals surface area (Å²) in [4.78, 5) is 27.3. The molecule has 1 aliphatic rings. The molecule has 2 aromatic rings. The van der Waals surface area contributed by atoms with Gasteiger partial charge >= 0.3 is 0 Å². The van der Waals surface area contributed by atoms with Gasteiger partial charge in [-0.2, -0.15) is 0 Å². The zero-order chi connectivity index (χ0) is 21.0. The predicted molar refractivity (Wildman–Crippen MR) is 116 cm³/mol. The number of aryl methyl sites for hydroxylation is 1. The van der Waals surface area contributed by atoms with Crippen molar-refractivity contribution >= 4 is 29.1 Å². The highest BCUT2D eigenvalue weighted by Gasteiger charge is 2.46. The summed E-state index contributed by atoms with van der Waals surface area (Å²) in [6, 6.07) is 13.7. The Morgan fingerprint density at radius 1 is 1.03 bits per heavy atom. The van der Waals surface area contributed by atoms with E-state index < -0.39 is 17.7 Å². The highest BCUT2D eigenvalue weighted by atomic mass is 35.5. The fraction of sp³-hybridized carbons (Fsp3) is 0.333. The molecule has 1 amide bonds. The Morgan fingerprint density at radius 3 is 2.38 bits per heavy atom. The number of ketones is 1. The predicted octanol–water partition coefficient (Wildman–Crippen LogP) is 5.65. The molecule has 1 fully saturated rings. The molecule has 0 spiro atoms. The standard InChI is InChI=1S/C24H26ClNO3/c1-3-4-5-8-15-26-21(18-9-6-7-10-19(18)25)20(23(28)24(26)29)22(27)17-13-11-16(2)12-14-17/h6-7,9-14,21,27H,3-5,8,15H2,1-2H3. The van der Waals surface area contributed by atoms with E-state index >= 15 is 0 Å². The summed E-state index contributed by atoms with van der Waals surface area (Å²) in [5.74, 6) is -1.41. The third-order valence-corrected chi connectivity index (χ3v) is 5.66. The van der Waals surface area contributed by atoms with E-state index in [9.17, 15) is 14.7 Å². The van der Waals surface area contributed by atoms with E-state index in [0.717, 1.165) is 31.2 Å². The normalized spacial score (nSPS) is 18.4. The van der Waals surface area contributed by atoms with Crippen molar-refractivity contribution in [2.75, 3.05) is 6.54 Å². The van der Waals surface area contributed by atoms with Gasteiger partial charge in [0.2, 0.25) is 0 Å². The SMILES string of the molecule is CCCCCCN1C(=O)C(=O)C(=C(O)c2ccc(C)cc2)C1c1ccccc1Cl. The number of likely N-dealkylation sites (tertiary alicyclic amines) is 1. The van der Waals surface area contributed by atoms with Gasteiger partial charge in [-0.15, -0.1) is 0 Å². The van der Waals surface area contributed by atoms with Crippen LogP contribution in [0.2, 0.25) is 5.02 Å². The summed E-state index contributed by atoms with van der Waals surface area (Å²) < 4.78 is 0. The van der Waals surface area contributed by atoms with Crippen LogP contribution in [0.4, 0.5) is 0 Å². The number of carbonyl (C=O) groups is 2. The van der Waals surface area contributed by atoms with Gasteiger partial charge in [0.1, 0.15) is 5.76 Å². The molecule has 29 heavy (non-hydrogen) atoms. The van der Waals surface area contributed by atoms with Gasteiger partial charge in [0.05, 0.1) is 11.6 Å². The molecule has 0 saturated carbocycles. The number of nitrogens with zero attached hydrogens (tertiary/aromatic N) is 1. The zero-order valence-corrected chi connectivity index (χ0v) is 17.6. The molecule has 0 aromatic heterocycles. The Kier molecular flexibility index (Phi) is 6.75. The van der Waals surface area contributed by atoms with Crippen LogP contribution in [-0.4, -0.2) is 28.2 Å². The number of amides is 1. The van der Waals surface area contributed by atoms with E-state index in [2.05, 4.69) is 6.92 Å². The van der Waals surface area contributed by atoms with Crippen molar-refractivity contribution in [3.8, 4) is 0 Å². The molecule has 1 atom stereocenters. The number of benzene rings is 2. The van der Waals surface area contributed by atoms with E-state index in [1.807, 2.05) is 25.1 Å². The van der Waals surface area contributed by atoms with Gasteiger partial charge in [-0.05, 0) is 25.0 Å². The van der Waals surface area contributed by atoms with Gasteiger partial charge in [-0.1, -0.05) is 85.8 Å². The minimum Gasteiger partial charge on any atom is -0.507 e. The Hall–Kier alpha value is -2.59. The van der Waals surface area contributed by atoms with E-state index in [1.165, 1.54) is 0 Å². The Balaban J connectivity index is 2.08. The summed E-state index contributed by atoms with van der Waals surface area (Å²) in [7, 11) is 0. The van der Waals surface area contributed by atoms with Crippen LogP contribution in [-0.2, 0) is 9.59 Å². The zero-order valence-electron chi connectivity index (χ0n) is 16.8. The van der Waals surface area contributed by atoms with E-state index in [1.54, 1.807) is 35.2 Å². The monoisotopic (exact) mass is 411 g/mol. The van der Waals surface area contributed by atoms with Gasteiger partial charge in [0.15, 0.2) is 0 Å². The fourth-order valence-electron chi connectivity index (χ4n) is 3.71. The van der Waals surface area contributed by atoms with Gasteiger partial charge in [0.25, 0.3) is 11.7 Å². The number of aliphatic hydroxyl groups is 1. The molecule has 1 N–H and O–H groups in total. The minimum absolute atomic E-state index is 0.0995. The summed E-state index contributed by atoms with van der Waals surface area (Å²) in [5.41, 5.74) is 2.30. The average molecular weight is 412 g/mol. The van der Waals surface area contributed by atoms with Gasteiger partial charge in [-0.3, -0.25) is 9.59 Å². The van der Waals surface area contributed by atoms with E-state index in [-0.39, 0.29) is 11.3 Å². The molecular weight excluding hydrogens is 386 g/mol. The van der Waals surface area contributed by atoms with Crippen LogP contribution in [0.25, 0.3) is 5.76 Å². The first-order valence-electron chi connectivity index (χ1n) is 10.1. The smallest absolute Gasteiger partial charge is 0.295 e. The summed E-state index contributed by atoms with van der Waals surface area (Å²) in [6.07, 6.45) is 3.93. The van der Waals surface area contributed by atoms with Crippen LogP contribution >= 0.6 is 11.6 Å². The lowest BCUT2D eigenvalue weighted by atomic mass is 9.95. The maximum atomic E-state index is 12.9. The maximum absolute atomic E-state index is 12.9. The van der Waals surface area contributed by atoms with Crippen LogP contribution in [0.5, 0.6) is 0 Å². The topological polar surface area (TPSA) is 57.6 Å². The van der Waals surface area contributed by atoms with Crippen LogP contribution in [0.1, 0.15) is 55.3 Å². The number of unbranched alkanes of at least 4 members (excludes halogenated alkanes) is 3. The second kappa shape index (κ2) is 9.27. The highest BCUT2D eigenvalue weighted by molar-refractivity contribution is 6.47. The molecule has 152 valence electrons. The van der Waals surface area contributed by atoms with Crippen LogP contribution in [0.3, 0.4) is 0 Å². The van der Waals surface area contributed by atoms with Crippen molar-refractivity contribution in [1.82, 2.24) is 4.90 Å². The molecular formula is C24H26ClNO3. The van der Waals surface area contributed by atoms with Crippen molar-refractivity contribution in [2.45, 2.75) is 45.6 Å². The first-order valence-corrected chi connectivity index (χ1v) is 10.4. The molecule has 1 heterocycles. The van der Waals surface area contributed by atoms with Crippen molar-refractivity contribution < 1.29 is 14.7 Å². The first kappa shape index (κ1) is 21.1. The van der Waals surface area contributed by atoms with Crippen LogP contribution in [0, 0.1) is 6.92 Å². The first-order chi connectivity index (χ1) is 14.0. The van der Waals surface area contributed by atoms with Crippen molar-refractivity contribution in [1.29, 1.82) is 0 Å². The number of aliphatic hydroxyl groups excluding tert-OH is 1. The number of carbonyl (C=O) groups excluding carboxylic acids is 2. The van der Waals surface area contributed by atoms with Crippen LogP contribution in [0.15, 0.2) is 54.1 Å². The lowest BCUT2D eigenvalue weighted by Crippen LogP contribution is -2.30. The summed E-state index contributed by atoms with van der Waals surface area (Å²) in [5, 5.41) is 11.5. The fourth-order valence-corrected chi connectivity index (χ4v) is 3.95. The van der Waals surface area contributed by atoms with Crippen molar-refractivity contribution in [3.05, 3.63) is 75.8 Å². The summed E-state index contributed by atoms with van der Waals surface area (Å²) >= 11 is 6.43. The molecule has 3 rings (SSSR count). The molecule has 0 aliphatic carbocycles. The average Bonchev–Trinajstić information content (AvgIpc) is 2.96. The van der Waals surface area contributed by atoms with Gasteiger partial charge < -0.3 is 10.0 Å². The molecule has 1 aliphatic heterocycles. The second-order valence-electron chi connectivity index (χ2n) is 7.44. The number of hydrogen-bond donors (Lipinski definition) is 1. The molecule has 4 nitrogen and oxygen atoms in total. The second-order valence-corrected chi connectivity index (χ2v) is 7.85. The highest BCUT2D eigenvalue weighted by Crippen LogP contribution is 2.41. The summed E-state index contributed by atoms with van der Waals surface area (Å²) in [6.45, 7) is 4.52. The molecule has 1 saturated heterocycles. The van der Waals surface area contributed by atoms with E-state index in [4.69, 9.17) is 11.6 Å². The molecule has 1 unspecified atom stereocenters. The van der Waals surface area contributed by atoms with Crippen molar-refractivity contribution in [2.24, 2.45) is 0 Å². The lowest BCUT2D eigenvalue weighted by Gasteiger charge is -2.26. The third-order valence-electron chi connectivity index (χ3n) is 5.32. The minimum atomic E-state index is -0.688. The largest absolute Gasteiger partial charge is 0.507 e. The van der Waals surface area contributed by atoms with E-state index in [0.29, 0.717) is 22.7 Å². The maximum Gasteiger partial charge on any atom is 0.295 e. The lowest BCUT2D eigenvalue weighted by molar-refractivity contribution is -0.139. The number of rotatable bonds is 7. The number of halogens is 1. The number of Topliss-reactive ketones (excluding diaryl/α,β-unsaturated/α-hetero) is 1. The Labute approximate surface area is 176 Å². The van der Waals surface area contributed by atoms with Gasteiger partial charge in [-0.25, -0.2) is 0 Å². The number of hydrogen-bond acceptors (Lipinski definition) is 3. The van der Waals surface area contributed by atoms with Crippen molar-refractivity contribution in [3.63, 3.8) is 0 Å².